The van der Waals surface area contributed by atoms with Gasteiger partial charge in [-0.1, -0.05) is 0 Å². The molecule has 100 valence electrons. The third-order valence-corrected chi connectivity index (χ3v) is 3.41. The van der Waals surface area contributed by atoms with Crippen LogP contribution < -0.4 is 10.6 Å². The average molecular weight is 268 g/mol. The van der Waals surface area contributed by atoms with E-state index >= 15 is 0 Å². The van der Waals surface area contributed by atoms with E-state index in [2.05, 4.69) is 22.7 Å². The first-order valence-electron chi connectivity index (χ1n) is 6.39. The maximum atomic E-state index is 5.53. The molecule has 0 amide bonds. The molecule has 5 nitrogen and oxygen atoms in total. The van der Waals surface area contributed by atoms with Crippen molar-refractivity contribution in [1.82, 2.24) is 15.1 Å². The first-order chi connectivity index (χ1) is 8.70. The summed E-state index contributed by atoms with van der Waals surface area (Å²) in [5, 5.41) is 11.3. The number of anilines is 1. The molecule has 0 aromatic carbocycles. The van der Waals surface area contributed by atoms with Crippen LogP contribution in [-0.4, -0.2) is 34.1 Å². The lowest BCUT2D eigenvalue weighted by molar-refractivity contribution is 0.114. The highest BCUT2D eigenvalue weighted by molar-refractivity contribution is 7.80. The van der Waals surface area contributed by atoms with Gasteiger partial charge in [-0.15, -0.1) is 0 Å². The molecule has 0 radical (unpaired) electrons. The van der Waals surface area contributed by atoms with Crippen molar-refractivity contribution in [3.63, 3.8) is 0 Å². The molecular weight excluding hydrogens is 248 g/mol. The van der Waals surface area contributed by atoms with Gasteiger partial charge in [-0.25, -0.2) is 0 Å². The molecule has 1 aliphatic heterocycles. The molecule has 0 bridgehead atoms. The number of nitrogens with zero attached hydrogens (tertiary/aromatic N) is 2. The van der Waals surface area contributed by atoms with Crippen molar-refractivity contribution in [3.8, 4) is 0 Å². The Kier molecular flexibility index (Phi) is 4.54. The largest absolute Gasteiger partial charge is 0.376 e. The van der Waals surface area contributed by atoms with Gasteiger partial charge in [0, 0.05) is 19.7 Å². The van der Waals surface area contributed by atoms with Gasteiger partial charge in [0.25, 0.3) is 0 Å². The van der Waals surface area contributed by atoms with Crippen molar-refractivity contribution < 1.29 is 4.74 Å². The molecule has 2 rings (SSSR count). The Morgan fingerprint density at radius 2 is 2.50 bits per heavy atom. The summed E-state index contributed by atoms with van der Waals surface area (Å²) in [4.78, 5) is 0. The van der Waals surface area contributed by atoms with Crippen LogP contribution in [0.5, 0.6) is 0 Å². The molecule has 1 aliphatic rings. The highest BCUT2D eigenvalue weighted by atomic mass is 32.1. The summed E-state index contributed by atoms with van der Waals surface area (Å²) >= 11 is 5.26. The standard InChI is InChI=1S/C12H20N4OS/c1-3-16-9(2)11(8-14-16)15-12(18)13-7-10-5-4-6-17-10/h8,10H,3-7H2,1-2H3,(H2,13,15,18). The molecule has 1 saturated heterocycles. The van der Waals surface area contributed by atoms with E-state index in [0.717, 1.165) is 43.9 Å². The minimum Gasteiger partial charge on any atom is -0.376 e. The van der Waals surface area contributed by atoms with Crippen LogP contribution in [0.1, 0.15) is 25.5 Å². The quantitative estimate of drug-likeness (QED) is 0.814. The van der Waals surface area contributed by atoms with Gasteiger partial charge in [-0.2, -0.15) is 5.10 Å². The van der Waals surface area contributed by atoms with Gasteiger partial charge in [0.15, 0.2) is 5.11 Å². The zero-order valence-corrected chi connectivity index (χ0v) is 11.7. The summed E-state index contributed by atoms with van der Waals surface area (Å²) in [5.74, 6) is 0. The lowest BCUT2D eigenvalue weighted by Gasteiger charge is -2.13. The highest BCUT2D eigenvalue weighted by Gasteiger charge is 2.15. The van der Waals surface area contributed by atoms with Crippen LogP contribution >= 0.6 is 12.2 Å². The van der Waals surface area contributed by atoms with E-state index in [0.29, 0.717) is 11.2 Å². The SMILES string of the molecule is CCn1ncc(NC(=S)NCC2CCCO2)c1C. The highest BCUT2D eigenvalue weighted by Crippen LogP contribution is 2.13. The van der Waals surface area contributed by atoms with Crippen LogP contribution in [0, 0.1) is 6.92 Å². The normalized spacial score (nSPS) is 18.9. The van der Waals surface area contributed by atoms with Gasteiger partial charge in [-0.05, 0) is 38.9 Å². The molecule has 1 aromatic rings. The molecule has 0 saturated carbocycles. The zero-order valence-electron chi connectivity index (χ0n) is 10.9. The summed E-state index contributed by atoms with van der Waals surface area (Å²) in [7, 11) is 0. The summed E-state index contributed by atoms with van der Waals surface area (Å²) in [6, 6.07) is 0. The van der Waals surface area contributed by atoms with E-state index in [9.17, 15) is 0 Å². The Morgan fingerprint density at radius 1 is 1.67 bits per heavy atom. The molecule has 1 aromatic heterocycles. The molecule has 2 N–H and O–H groups in total. The van der Waals surface area contributed by atoms with E-state index < -0.39 is 0 Å². The van der Waals surface area contributed by atoms with E-state index in [-0.39, 0.29) is 0 Å². The lowest BCUT2D eigenvalue weighted by Crippen LogP contribution is -2.34. The maximum absolute atomic E-state index is 5.53. The van der Waals surface area contributed by atoms with Gasteiger partial charge in [-0.3, -0.25) is 4.68 Å². The molecule has 2 heterocycles. The Morgan fingerprint density at radius 3 is 3.11 bits per heavy atom. The van der Waals surface area contributed by atoms with Crippen molar-refractivity contribution in [2.75, 3.05) is 18.5 Å². The molecule has 1 fully saturated rings. The minimum absolute atomic E-state index is 0.296. The Labute approximate surface area is 113 Å². The molecule has 0 aliphatic carbocycles. The van der Waals surface area contributed by atoms with E-state index in [4.69, 9.17) is 17.0 Å². The van der Waals surface area contributed by atoms with Crippen molar-refractivity contribution >= 4 is 23.0 Å². The fraction of sp³-hybridized carbons (Fsp3) is 0.667. The second kappa shape index (κ2) is 6.15. The second-order valence-corrected chi connectivity index (χ2v) is 4.84. The number of rotatable bonds is 4. The molecule has 0 spiro atoms. The number of hydrogen-bond acceptors (Lipinski definition) is 3. The number of ether oxygens (including phenoxy) is 1. The van der Waals surface area contributed by atoms with Gasteiger partial charge >= 0.3 is 0 Å². The summed E-state index contributed by atoms with van der Waals surface area (Å²) < 4.78 is 7.47. The monoisotopic (exact) mass is 268 g/mol. The Hall–Kier alpha value is -1.14. The molecule has 1 unspecified atom stereocenters. The maximum Gasteiger partial charge on any atom is 0.170 e. The summed E-state index contributed by atoms with van der Waals surface area (Å²) in [6.07, 6.45) is 4.36. The van der Waals surface area contributed by atoms with E-state index in [1.54, 1.807) is 6.20 Å². The minimum atomic E-state index is 0.296. The summed E-state index contributed by atoms with van der Waals surface area (Å²) in [6.45, 7) is 6.60. The van der Waals surface area contributed by atoms with E-state index in [1.165, 1.54) is 0 Å². The second-order valence-electron chi connectivity index (χ2n) is 4.43. The van der Waals surface area contributed by atoms with Crippen molar-refractivity contribution in [1.29, 1.82) is 0 Å². The van der Waals surface area contributed by atoms with Gasteiger partial charge in [0.05, 0.1) is 23.7 Å². The number of aryl methyl sites for hydroxylation is 1. The third kappa shape index (κ3) is 3.20. The lowest BCUT2D eigenvalue weighted by atomic mass is 10.2. The molecule has 18 heavy (non-hydrogen) atoms. The van der Waals surface area contributed by atoms with Gasteiger partial charge in [0.1, 0.15) is 0 Å². The number of nitrogens with one attached hydrogen (secondary N) is 2. The third-order valence-electron chi connectivity index (χ3n) is 3.17. The van der Waals surface area contributed by atoms with E-state index in [1.807, 2.05) is 11.6 Å². The fourth-order valence-corrected chi connectivity index (χ4v) is 2.26. The number of hydrogen-bond donors (Lipinski definition) is 2. The van der Waals surface area contributed by atoms with Gasteiger partial charge in [0.2, 0.25) is 0 Å². The Balaban J connectivity index is 1.80. The number of thiocarbonyl (C=S) groups is 1. The Bertz CT molecular complexity index is 412. The predicted octanol–water partition coefficient (Wildman–Crippen LogP) is 1.68. The molecule has 1 atom stereocenters. The zero-order chi connectivity index (χ0) is 13.0. The molecular formula is C12H20N4OS. The van der Waals surface area contributed by atoms with Crippen LogP contribution in [0.4, 0.5) is 5.69 Å². The van der Waals surface area contributed by atoms with Crippen LogP contribution in [0.25, 0.3) is 0 Å². The first kappa shape index (κ1) is 13.3. The van der Waals surface area contributed by atoms with Crippen LogP contribution in [0.3, 0.4) is 0 Å². The van der Waals surface area contributed by atoms with Gasteiger partial charge < -0.3 is 15.4 Å². The topological polar surface area (TPSA) is 51.1 Å². The van der Waals surface area contributed by atoms with Crippen LogP contribution in [-0.2, 0) is 11.3 Å². The van der Waals surface area contributed by atoms with Crippen LogP contribution in [0.2, 0.25) is 0 Å². The predicted molar refractivity (Wildman–Crippen MR) is 75.8 cm³/mol. The first-order valence-corrected chi connectivity index (χ1v) is 6.80. The number of aromatic nitrogens is 2. The van der Waals surface area contributed by atoms with Crippen molar-refractivity contribution in [2.24, 2.45) is 0 Å². The fourth-order valence-electron chi connectivity index (χ4n) is 2.07. The molecule has 6 heteroatoms. The average Bonchev–Trinajstić information content (AvgIpc) is 2.98. The summed E-state index contributed by atoms with van der Waals surface area (Å²) in [5.41, 5.74) is 2.06. The van der Waals surface area contributed by atoms with Crippen molar-refractivity contribution in [2.45, 2.75) is 39.3 Å². The van der Waals surface area contributed by atoms with Crippen LogP contribution in [0.15, 0.2) is 6.20 Å². The van der Waals surface area contributed by atoms with Crippen molar-refractivity contribution in [3.05, 3.63) is 11.9 Å². The smallest absolute Gasteiger partial charge is 0.170 e.